The molecule has 0 fully saturated rings. The van der Waals surface area contributed by atoms with Crippen molar-refractivity contribution in [1.29, 1.82) is 0 Å². The lowest BCUT2D eigenvalue weighted by Gasteiger charge is -2.18. The Morgan fingerprint density at radius 3 is 2.60 bits per heavy atom. The number of rotatable bonds is 2. The Hall–Kier alpha value is -1.77. The van der Waals surface area contributed by atoms with E-state index in [1.54, 1.807) is 0 Å². The highest BCUT2D eigenvalue weighted by Crippen LogP contribution is 2.25. The maximum Gasteiger partial charge on any atom is 0.229 e. The molecule has 0 radical (unpaired) electrons. The SMILES string of the molecule is CC(C)(C(N)=O)c1cc2ccccc2[nH]1. The standard InChI is InChI=1S/C12H14N2O/c1-12(2,11(13)15)10-7-8-5-3-4-6-9(8)14-10/h3-7,14H,1-2H3,(H2,13,15). The first-order chi connectivity index (χ1) is 7.01. The molecule has 2 aromatic rings. The van der Waals surface area contributed by atoms with Crippen LogP contribution in [0.5, 0.6) is 0 Å². The summed E-state index contributed by atoms with van der Waals surface area (Å²) >= 11 is 0. The third-order valence-electron chi connectivity index (χ3n) is 2.82. The second kappa shape index (κ2) is 3.12. The van der Waals surface area contributed by atoms with E-state index in [9.17, 15) is 4.79 Å². The van der Waals surface area contributed by atoms with Gasteiger partial charge in [-0.3, -0.25) is 4.79 Å². The average Bonchev–Trinajstić information content (AvgIpc) is 2.61. The van der Waals surface area contributed by atoms with Gasteiger partial charge in [-0.15, -0.1) is 0 Å². The molecule has 0 atom stereocenters. The van der Waals surface area contributed by atoms with Gasteiger partial charge < -0.3 is 10.7 Å². The summed E-state index contributed by atoms with van der Waals surface area (Å²) in [6, 6.07) is 9.89. The molecule has 0 saturated carbocycles. The van der Waals surface area contributed by atoms with Crippen LogP contribution < -0.4 is 5.73 Å². The van der Waals surface area contributed by atoms with E-state index in [-0.39, 0.29) is 5.91 Å². The van der Waals surface area contributed by atoms with Gasteiger partial charge >= 0.3 is 0 Å². The number of H-pyrrole nitrogens is 1. The van der Waals surface area contributed by atoms with Crippen LogP contribution in [0.3, 0.4) is 0 Å². The largest absolute Gasteiger partial charge is 0.369 e. The van der Waals surface area contributed by atoms with E-state index in [1.165, 1.54) is 0 Å². The summed E-state index contributed by atoms with van der Waals surface area (Å²) in [6.45, 7) is 3.64. The van der Waals surface area contributed by atoms with Crippen LogP contribution in [0.25, 0.3) is 10.9 Å². The molecule has 1 heterocycles. The first kappa shape index (κ1) is 9.77. The van der Waals surface area contributed by atoms with Crippen LogP contribution in [0.15, 0.2) is 30.3 Å². The molecule has 1 aromatic heterocycles. The van der Waals surface area contributed by atoms with Gasteiger partial charge in [0.25, 0.3) is 0 Å². The molecule has 2 rings (SSSR count). The number of hydrogen-bond donors (Lipinski definition) is 2. The molecule has 3 nitrogen and oxygen atoms in total. The van der Waals surface area contributed by atoms with Gasteiger partial charge in [-0.1, -0.05) is 18.2 Å². The Labute approximate surface area is 88.3 Å². The zero-order valence-corrected chi connectivity index (χ0v) is 8.87. The summed E-state index contributed by atoms with van der Waals surface area (Å²) < 4.78 is 0. The lowest BCUT2D eigenvalue weighted by atomic mass is 9.89. The smallest absolute Gasteiger partial charge is 0.229 e. The van der Waals surface area contributed by atoms with Crippen molar-refractivity contribution >= 4 is 16.8 Å². The summed E-state index contributed by atoms with van der Waals surface area (Å²) in [5.41, 5.74) is 6.60. The summed E-state index contributed by atoms with van der Waals surface area (Å²) in [5.74, 6) is -0.325. The van der Waals surface area contributed by atoms with Crippen LogP contribution in [-0.4, -0.2) is 10.9 Å². The molecule has 1 amide bonds. The van der Waals surface area contributed by atoms with Gasteiger partial charge in [0.05, 0.1) is 5.41 Å². The van der Waals surface area contributed by atoms with E-state index in [4.69, 9.17) is 5.73 Å². The number of fused-ring (bicyclic) bond motifs is 1. The van der Waals surface area contributed by atoms with Crippen molar-refractivity contribution in [2.45, 2.75) is 19.3 Å². The molecule has 3 N–H and O–H groups in total. The number of nitrogens with two attached hydrogens (primary N) is 1. The van der Waals surface area contributed by atoms with Gasteiger partial charge in [0.1, 0.15) is 0 Å². The van der Waals surface area contributed by atoms with Crippen molar-refractivity contribution in [1.82, 2.24) is 4.98 Å². The Balaban J connectivity index is 2.58. The minimum atomic E-state index is -0.654. The lowest BCUT2D eigenvalue weighted by Crippen LogP contribution is -2.35. The summed E-state index contributed by atoms with van der Waals surface area (Å²) in [6.07, 6.45) is 0. The molecular weight excluding hydrogens is 188 g/mol. The van der Waals surface area contributed by atoms with Gasteiger partial charge in [-0.2, -0.15) is 0 Å². The van der Waals surface area contributed by atoms with Crippen molar-refractivity contribution in [2.24, 2.45) is 5.73 Å². The highest BCUT2D eigenvalue weighted by molar-refractivity contribution is 5.88. The summed E-state index contributed by atoms with van der Waals surface area (Å²) in [4.78, 5) is 14.5. The maximum absolute atomic E-state index is 11.3. The fourth-order valence-electron chi connectivity index (χ4n) is 1.54. The molecular formula is C12H14N2O. The van der Waals surface area contributed by atoms with Gasteiger partial charge in [0.2, 0.25) is 5.91 Å². The molecule has 3 heteroatoms. The first-order valence-corrected chi connectivity index (χ1v) is 4.90. The van der Waals surface area contributed by atoms with E-state index >= 15 is 0 Å². The zero-order chi connectivity index (χ0) is 11.1. The highest BCUT2D eigenvalue weighted by atomic mass is 16.1. The molecule has 0 unspecified atom stereocenters. The van der Waals surface area contributed by atoms with Gasteiger partial charge in [0.15, 0.2) is 0 Å². The molecule has 15 heavy (non-hydrogen) atoms. The van der Waals surface area contributed by atoms with Crippen molar-refractivity contribution in [3.63, 3.8) is 0 Å². The topological polar surface area (TPSA) is 58.9 Å². The molecule has 0 saturated heterocycles. The van der Waals surface area contributed by atoms with Crippen LogP contribution in [-0.2, 0) is 10.2 Å². The Bertz CT molecular complexity index is 478. The van der Waals surface area contributed by atoms with Gasteiger partial charge in [-0.05, 0) is 31.4 Å². The van der Waals surface area contributed by atoms with E-state index < -0.39 is 5.41 Å². The number of para-hydroxylation sites is 1. The van der Waals surface area contributed by atoms with Crippen molar-refractivity contribution in [3.8, 4) is 0 Å². The van der Waals surface area contributed by atoms with E-state index in [2.05, 4.69) is 4.98 Å². The second-order valence-corrected chi connectivity index (χ2v) is 4.26. The van der Waals surface area contributed by atoms with Crippen molar-refractivity contribution < 1.29 is 4.79 Å². The normalized spacial score (nSPS) is 11.9. The predicted molar refractivity (Wildman–Crippen MR) is 60.5 cm³/mol. The fraction of sp³-hybridized carbons (Fsp3) is 0.250. The van der Waals surface area contributed by atoms with E-state index in [1.807, 2.05) is 44.2 Å². The van der Waals surface area contributed by atoms with Gasteiger partial charge in [-0.25, -0.2) is 0 Å². The number of carbonyl (C=O) groups excluding carboxylic acids is 1. The van der Waals surface area contributed by atoms with Crippen LogP contribution >= 0.6 is 0 Å². The number of aromatic nitrogens is 1. The van der Waals surface area contributed by atoms with Crippen LogP contribution in [0.4, 0.5) is 0 Å². The monoisotopic (exact) mass is 202 g/mol. The molecule has 0 spiro atoms. The number of aromatic amines is 1. The highest BCUT2D eigenvalue weighted by Gasteiger charge is 2.28. The minimum absolute atomic E-state index is 0.325. The number of hydrogen-bond acceptors (Lipinski definition) is 1. The number of carbonyl (C=O) groups is 1. The first-order valence-electron chi connectivity index (χ1n) is 4.90. The Morgan fingerprint density at radius 1 is 1.33 bits per heavy atom. The molecule has 1 aromatic carbocycles. The molecule has 0 aliphatic rings. The van der Waals surface area contributed by atoms with E-state index in [0.29, 0.717) is 0 Å². The van der Waals surface area contributed by atoms with Gasteiger partial charge in [0, 0.05) is 11.2 Å². The third kappa shape index (κ3) is 1.50. The second-order valence-electron chi connectivity index (χ2n) is 4.26. The number of primary amides is 1. The third-order valence-corrected chi connectivity index (χ3v) is 2.82. The number of amides is 1. The quantitative estimate of drug-likeness (QED) is 0.768. The van der Waals surface area contributed by atoms with Crippen molar-refractivity contribution in [2.75, 3.05) is 0 Å². The predicted octanol–water partition coefficient (Wildman–Crippen LogP) is 1.93. The summed E-state index contributed by atoms with van der Waals surface area (Å²) in [5, 5.41) is 1.10. The van der Waals surface area contributed by atoms with E-state index in [0.717, 1.165) is 16.6 Å². The van der Waals surface area contributed by atoms with Crippen molar-refractivity contribution in [3.05, 3.63) is 36.0 Å². The Morgan fingerprint density at radius 2 is 2.00 bits per heavy atom. The van der Waals surface area contributed by atoms with Crippen LogP contribution in [0.2, 0.25) is 0 Å². The Kier molecular flexibility index (Phi) is 2.03. The zero-order valence-electron chi connectivity index (χ0n) is 8.87. The average molecular weight is 202 g/mol. The number of benzene rings is 1. The molecule has 0 bridgehead atoms. The molecule has 78 valence electrons. The minimum Gasteiger partial charge on any atom is -0.369 e. The maximum atomic E-state index is 11.3. The summed E-state index contributed by atoms with van der Waals surface area (Å²) in [7, 11) is 0. The fourth-order valence-corrected chi connectivity index (χ4v) is 1.54. The number of nitrogens with one attached hydrogen (secondary N) is 1. The van der Waals surface area contributed by atoms with Crippen LogP contribution in [0, 0.1) is 0 Å². The lowest BCUT2D eigenvalue weighted by molar-refractivity contribution is -0.122. The molecule has 0 aliphatic carbocycles. The molecule has 0 aliphatic heterocycles. The van der Waals surface area contributed by atoms with Crippen LogP contribution in [0.1, 0.15) is 19.5 Å².